The van der Waals surface area contributed by atoms with Gasteiger partial charge in [-0.15, -0.1) is 11.8 Å². The lowest BCUT2D eigenvalue weighted by Crippen LogP contribution is -2.34. The van der Waals surface area contributed by atoms with Gasteiger partial charge in [0.2, 0.25) is 5.91 Å². The summed E-state index contributed by atoms with van der Waals surface area (Å²) in [6.45, 7) is 1.47. The third-order valence-corrected chi connectivity index (χ3v) is 5.47. The van der Waals surface area contributed by atoms with Gasteiger partial charge in [0, 0.05) is 4.90 Å². The highest BCUT2D eigenvalue weighted by Crippen LogP contribution is 2.36. The maximum atomic E-state index is 12.2. The Balaban J connectivity index is 1.55. The highest BCUT2D eigenvalue weighted by atomic mass is 35.5. The Kier molecular flexibility index (Phi) is 6.03. The molecule has 0 unspecified atom stereocenters. The summed E-state index contributed by atoms with van der Waals surface area (Å²) in [5.41, 5.74) is 1.16. The van der Waals surface area contributed by atoms with Crippen molar-refractivity contribution >= 4 is 52.5 Å². The minimum Gasteiger partial charge on any atom is -0.452 e. The minimum absolute atomic E-state index is 0.130. The van der Waals surface area contributed by atoms with Gasteiger partial charge in [-0.3, -0.25) is 14.4 Å². The summed E-state index contributed by atoms with van der Waals surface area (Å²) in [7, 11) is 0. The van der Waals surface area contributed by atoms with Crippen LogP contribution in [-0.2, 0) is 19.1 Å². The highest BCUT2D eigenvalue weighted by molar-refractivity contribution is 8.01. The van der Waals surface area contributed by atoms with Crippen molar-refractivity contribution in [2.75, 3.05) is 10.6 Å². The maximum absolute atomic E-state index is 12.2. The molecule has 2 atom stereocenters. The molecule has 3 rings (SSSR count). The monoisotopic (exact) mass is 404 g/mol. The molecule has 0 radical (unpaired) electrons. The van der Waals surface area contributed by atoms with E-state index in [1.54, 1.807) is 30.3 Å². The fraction of sp³-hybridized carbons (Fsp3) is 0.211. The largest absolute Gasteiger partial charge is 0.452 e. The fourth-order valence-electron chi connectivity index (χ4n) is 2.47. The molecular weight excluding hydrogens is 388 g/mol. The minimum atomic E-state index is -1.02. The van der Waals surface area contributed by atoms with Crippen LogP contribution in [0.1, 0.15) is 13.3 Å². The number of rotatable bonds is 5. The summed E-state index contributed by atoms with van der Waals surface area (Å²) >= 11 is 7.30. The van der Waals surface area contributed by atoms with E-state index >= 15 is 0 Å². The number of carbonyl (C=O) groups is 3. The number of benzene rings is 2. The van der Waals surface area contributed by atoms with E-state index in [4.69, 9.17) is 16.3 Å². The molecule has 0 saturated carbocycles. The van der Waals surface area contributed by atoms with Gasteiger partial charge < -0.3 is 15.4 Å². The second-order valence-corrected chi connectivity index (χ2v) is 7.55. The van der Waals surface area contributed by atoms with Crippen LogP contribution < -0.4 is 10.6 Å². The zero-order valence-corrected chi connectivity index (χ0v) is 16.0. The zero-order valence-electron chi connectivity index (χ0n) is 14.4. The van der Waals surface area contributed by atoms with Gasteiger partial charge in [-0.2, -0.15) is 0 Å². The number of thioether (sulfide) groups is 1. The van der Waals surface area contributed by atoms with Crippen LogP contribution in [0.5, 0.6) is 0 Å². The molecule has 1 aliphatic rings. The molecule has 1 aliphatic heterocycles. The van der Waals surface area contributed by atoms with Gasteiger partial charge in [0.1, 0.15) is 0 Å². The Labute approximate surface area is 165 Å². The summed E-state index contributed by atoms with van der Waals surface area (Å²) in [5.74, 6) is -1.38. The summed E-state index contributed by atoms with van der Waals surface area (Å²) < 4.78 is 5.18. The molecule has 2 N–H and O–H groups in total. The highest BCUT2D eigenvalue weighted by Gasteiger charge is 2.30. The van der Waals surface area contributed by atoms with Crippen LogP contribution in [-0.4, -0.2) is 29.1 Å². The number of nitrogens with one attached hydrogen (secondary N) is 2. The van der Waals surface area contributed by atoms with Crippen LogP contribution >= 0.6 is 23.4 Å². The molecule has 0 spiro atoms. The molecule has 2 aromatic carbocycles. The van der Waals surface area contributed by atoms with Crippen molar-refractivity contribution in [1.82, 2.24) is 0 Å². The van der Waals surface area contributed by atoms with Crippen LogP contribution in [0.15, 0.2) is 53.4 Å². The average molecular weight is 405 g/mol. The number of carbonyl (C=O) groups excluding carboxylic acids is 3. The molecule has 2 aromatic rings. The second-order valence-electron chi connectivity index (χ2n) is 5.90. The standard InChI is InChI=1S/C19H17ClN2O4S/c1-11(18(24)21-13-7-3-2-6-12(13)20)26-17(23)10-16-19(25)22-14-8-4-5-9-15(14)27-16/h2-9,11,16H,10H2,1H3,(H,21,24)(H,22,25)/t11-,16+/m0/s1. The number of para-hydroxylation sites is 2. The van der Waals surface area contributed by atoms with Gasteiger partial charge in [-0.1, -0.05) is 35.9 Å². The Morgan fingerprint density at radius 3 is 2.70 bits per heavy atom. The molecular formula is C19H17ClN2O4S. The molecule has 0 aliphatic carbocycles. The van der Waals surface area contributed by atoms with E-state index in [2.05, 4.69) is 10.6 Å². The molecule has 0 aromatic heterocycles. The van der Waals surface area contributed by atoms with Crippen molar-refractivity contribution in [3.8, 4) is 0 Å². The van der Waals surface area contributed by atoms with Crippen LogP contribution in [0.3, 0.4) is 0 Å². The number of hydrogen-bond donors (Lipinski definition) is 2. The first-order valence-corrected chi connectivity index (χ1v) is 9.51. The number of ether oxygens (including phenoxy) is 1. The molecule has 1 heterocycles. The smallest absolute Gasteiger partial charge is 0.308 e. The van der Waals surface area contributed by atoms with E-state index in [1.807, 2.05) is 18.2 Å². The predicted molar refractivity (Wildman–Crippen MR) is 105 cm³/mol. The molecule has 6 nitrogen and oxygen atoms in total. The predicted octanol–water partition coefficient (Wildman–Crippen LogP) is 3.71. The van der Waals surface area contributed by atoms with Gasteiger partial charge in [0.15, 0.2) is 6.10 Å². The SMILES string of the molecule is C[C@H](OC(=O)C[C@H]1Sc2ccccc2NC1=O)C(=O)Nc1ccccc1Cl. The normalized spacial score (nSPS) is 16.7. The number of anilines is 2. The van der Waals surface area contributed by atoms with E-state index < -0.39 is 23.2 Å². The topological polar surface area (TPSA) is 84.5 Å². The van der Waals surface area contributed by atoms with Crippen molar-refractivity contribution in [1.29, 1.82) is 0 Å². The summed E-state index contributed by atoms with van der Waals surface area (Å²) in [5, 5.41) is 5.16. The molecule has 8 heteroatoms. The first-order valence-electron chi connectivity index (χ1n) is 8.25. The molecule has 0 saturated heterocycles. The van der Waals surface area contributed by atoms with Crippen molar-refractivity contribution in [2.24, 2.45) is 0 Å². The lowest BCUT2D eigenvalue weighted by molar-refractivity contribution is -0.153. The van der Waals surface area contributed by atoms with E-state index in [-0.39, 0.29) is 12.3 Å². The lowest BCUT2D eigenvalue weighted by atomic mass is 10.2. The fourth-order valence-corrected chi connectivity index (χ4v) is 3.75. The quantitative estimate of drug-likeness (QED) is 0.742. The lowest BCUT2D eigenvalue weighted by Gasteiger charge is -2.23. The van der Waals surface area contributed by atoms with Gasteiger partial charge in [-0.25, -0.2) is 0 Å². The maximum Gasteiger partial charge on any atom is 0.308 e. The van der Waals surface area contributed by atoms with Crippen molar-refractivity contribution in [3.63, 3.8) is 0 Å². The van der Waals surface area contributed by atoms with Crippen molar-refractivity contribution < 1.29 is 19.1 Å². The number of fused-ring (bicyclic) bond motifs is 1. The van der Waals surface area contributed by atoms with Crippen LogP contribution in [0, 0.1) is 0 Å². The molecule has 0 fully saturated rings. The third kappa shape index (κ3) is 4.81. The van der Waals surface area contributed by atoms with E-state index in [1.165, 1.54) is 18.7 Å². The molecule has 140 valence electrons. The van der Waals surface area contributed by atoms with Crippen molar-refractivity contribution in [3.05, 3.63) is 53.6 Å². The number of hydrogen-bond acceptors (Lipinski definition) is 5. The Morgan fingerprint density at radius 2 is 1.93 bits per heavy atom. The first kappa shape index (κ1) is 19.3. The number of halogens is 1. The van der Waals surface area contributed by atoms with Gasteiger partial charge >= 0.3 is 5.97 Å². The van der Waals surface area contributed by atoms with E-state index in [9.17, 15) is 14.4 Å². The number of amides is 2. The zero-order chi connectivity index (χ0) is 19.4. The summed E-state index contributed by atoms with van der Waals surface area (Å²) in [6, 6.07) is 14.1. The molecule has 0 bridgehead atoms. The Hall–Kier alpha value is -2.51. The third-order valence-electron chi connectivity index (χ3n) is 3.87. The van der Waals surface area contributed by atoms with Gasteiger partial charge in [0.25, 0.3) is 5.91 Å². The van der Waals surface area contributed by atoms with Crippen LogP contribution in [0.4, 0.5) is 11.4 Å². The molecule has 27 heavy (non-hydrogen) atoms. The van der Waals surface area contributed by atoms with Gasteiger partial charge in [0.05, 0.1) is 28.1 Å². The van der Waals surface area contributed by atoms with Crippen molar-refractivity contribution in [2.45, 2.75) is 29.6 Å². The molecule has 2 amide bonds. The van der Waals surface area contributed by atoms with Crippen LogP contribution in [0.25, 0.3) is 0 Å². The summed E-state index contributed by atoms with van der Waals surface area (Å²) in [6.07, 6.45) is -1.15. The van der Waals surface area contributed by atoms with Gasteiger partial charge in [-0.05, 0) is 31.2 Å². The number of esters is 1. The summed E-state index contributed by atoms with van der Waals surface area (Å²) in [4.78, 5) is 37.4. The Morgan fingerprint density at radius 1 is 1.22 bits per heavy atom. The van der Waals surface area contributed by atoms with E-state index in [0.717, 1.165) is 10.6 Å². The first-order chi connectivity index (χ1) is 12.9. The van der Waals surface area contributed by atoms with Crippen LogP contribution in [0.2, 0.25) is 5.02 Å². The van der Waals surface area contributed by atoms with E-state index in [0.29, 0.717) is 10.7 Å². The second kappa shape index (κ2) is 8.45. The average Bonchev–Trinajstić information content (AvgIpc) is 2.64. The Bertz CT molecular complexity index is 890.